The highest BCUT2D eigenvalue weighted by atomic mass is 16.6. The quantitative estimate of drug-likeness (QED) is 0.788. The van der Waals surface area contributed by atoms with Crippen LogP contribution in [-0.2, 0) is 14.3 Å². The van der Waals surface area contributed by atoms with Crippen LogP contribution >= 0.6 is 0 Å². The van der Waals surface area contributed by atoms with Gasteiger partial charge in [0.2, 0.25) is 0 Å². The number of ether oxygens (including phenoxy) is 2. The van der Waals surface area contributed by atoms with Crippen molar-refractivity contribution in [2.75, 3.05) is 6.61 Å². The molecule has 0 bridgehead atoms. The molecule has 1 saturated carbocycles. The van der Waals surface area contributed by atoms with E-state index in [-0.39, 0.29) is 18.6 Å². The van der Waals surface area contributed by atoms with Crippen LogP contribution in [0.1, 0.15) is 19.8 Å². The third kappa shape index (κ3) is 4.83. The average Bonchev–Trinajstić information content (AvgIpc) is 3.45. The monoisotopic (exact) mass is 339 g/mol. The van der Waals surface area contributed by atoms with E-state index in [9.17, 15) is 9.59 Å². The van der Waals surface area contributed by atoms with Crippen molar-refractivity contribution in [3.05, 3.63) is 54.6 Å². The molecule has 3 rings (SSSR count). The van der Waals surface area contributed by atoms with Crippen LogP contribution < -0.4 is 10.1 Å². The molecule has 0 unspecified atom stereocenters. The number of carbonyl (C=O) groups is 2. The van der Waals surface area contributed by atoms with Gasteiger partial charge in [0.1, 0.15) is 5.75 Å². The van der Waals surface area contributed by atoms with Crippen LogP contribution in [0.3, 0.4) is 0 Å². The molecule has 0 aromatic heterocycles. The molecule has 1 aliphatic carbocycles. The van der Waals surface area contributed by atoms with Crippen LogP contribution in [0.4, 0.5) is 0 Å². The predicted octanol–water partition coefficient (Wildman–Crippen LogP) is 2.94. The Hall–Kier alpha value is -2.82. The Morgan fingerprint density at radius 3 is 2.48 bits per heavy atom. The summed E-state index contributed by atoms with van der Waals surface area (Å²) in [6, 6.07) is 17.5. The molecule has 2 aromatic rings. The smallest absolute Gasteiger partial charge is 0.344 e. The molecule has 0 radical (unpaired) electrons. The van der Waals surface area contributed by atoms with Crippen molar-refractivity contribution in [1.29, 1.82) is 0 Å². The topological polar surface area (TPSA) is 64.6 Å². The lowest BCUT2D eigenvalue weighted by atomic mass is 10.1. The lowest BCUT2D eigenvalue weighted by molar-refractivity contribution is -0.156. The molecule has 1 amide bonds. The van der Waals surface area contributed by atoms with E-state index in [2.05, 4.69) is 5.32 Å². The van der Waals surface area contributed by atoms with Gasteiger partial charge >= 0.3 is 5.97 Å². The number of amides is 1. The molecular formula is C20H21NO4. The molecular weight excluding hydrogens is 318 g/mol. The average molecular weight is 339 g/mol. The SMILES string of the molecule is C[C@@H](OC(=O)COc1ccccc1-c1ccccc1)C(=O)NC1CC1. The highest BCUT2D eigenvalue weighted by Crippen LogP contribution is 2.29. The summed E-state index contributed by atoms with van der Waals surface area (Å²) in [7, 11) is 0. The van der Waals surface area contributed by atoms with Crippen LogP contribution in [0.2, 0.25) is 0 Å². The maximum absolute atomic E-state index is 12.0. The normalized spacial score (nSPS) is 14.4. The number of hydrogen-bond donors (Lipinski definition) is 1. The third-order valence-corrected chi connectivity index (χ3v) is 3.92. The highest BCUT2D eigenvalue weighted by Gasteiger charge is 2.27. The first-order chi connectivity index (χ1) is 12.1. The Balaban J connectivity index is 1.56. The standard InChI is InChI=1S/C20H21NO4/c1-14(20(23)21-16-11-12-16)25-19(22)13-24-18-10-6-5-9-17(18)15-7-3-2-4-8-15/h2-10,14,16H,11-13H2,1H3,(H,21,23)/t14-/m1/s1. The molecule has 1 fully saturated rings. The third-order valence-electron chi connectivity index (χ3n) is 3.92. The van der Waals surface area contributed by atoms with E-state index < -0.39 is 12.1 Å². The van der Waals surface area contributed by atoms with Gasteiger partial charge in [0.25, 0.3) is 5.91 Å². The van der Waals surface area contributed by atoms with Gasteiger partial charge in [-0.1, -0.05) is 48.5 Å². The summed E-state index contributed by atoms with van der Waals surface area (Å²) in [4.78, 5) is 23.8. The number of carbonyl (C=O) groups excluding carboxylic acids is 2. The molecule has 0 aliphatic heterocycles. The van der Waals surface area contributed by atoms with Crippen molar-refractivity contribution in [3.8, 4) is 16.9 Å². The molecule has 5 nitrogen and oxygen atoms in total. The summed E-state index contributed by atoms with van der Waals surface area (Å²) in [5.74, 6) is -0.234. The molecule has 0 saturated heterocycles. The number of hydrogen-bond acceptors (Lipinski definition) is 4. The van der Waals surface area contributed by atoms with Gasteiger partial charge < -0.3 is 14.8 Å². The van der Waals surface area contributed by atoms with E-state index in [1.807, 2.05) is 48.5 Å². The van der Waals surface area contributed by atoms with Crippen LogP contribution in [0.25, 0.3) is 11.1 Å². The minimum absolute atomic E-state index is 0.239. The maximum atomic E-state index is 12.0. The number of nitrogens with one attached hydrogen (secondary N) is 1. The second kappa shape index (κ2) is 7.83. The summed E-state index contributed by atoms with van der Waals surface area (Å²) >= 11 is 0. The highest BCUT2D eigenvalue weighted by molar-refractivity contribution is 5.84. The van der Waals surface area contributed by atoms with Crippen molar-refractivity contribution in [1.82, 2.24) is 5.32 Å². The van der Waals surface area contributed by atoms with Crippen LogP contribution in [-0.4, -0.2) is 30.6 Å². The number of esters is 1. The summed E-state index contributed by atoms with van der Waals surface area (Å²) in [5.41, 5.74) is 1.90. The second-order valence-electron chi connectivity index (χ2n) is 6.07. The lowest BCUT2D eigenvalue weighted by Gasteiger charge is -2.14. The fourth-order valence-electron chi connectivity index (χ4n) is 2.42. The van der Waals surface area contributed by atoms with Crippen molar-refractivity contribution in [2.45, 2.75) is 31.9 Å². The van der Waals surface area contributed by atoms with Crippen LogP contribution in [0.15, 0.2) is 54.6 Å². The first-order valence-corrected chi connectivity index (χ1v) is 8.40. The Labute approximate surface area is 147 Å². The molecule has 1 N–H and O–H groups in total. The van der Waals surface area contributed by atoms with Crippen molar-refractivity contribution in [3.63, 3.8) is 0 Å². The molecule has 2 aromatic carbocycles. The van der Waals surface area contributed by atoms with E-state index in [1.54, 1.807) is 13.0 Å². The zero-order chi connectivity index (χ0) is 17.6. The minimum Gasteiger partial charge on any atom is -0.481 e. The Kier molecular flexibility index (Phi) is 5.33. The first-order valence-electron chi connectivity index (χ1n) is 8.40. The van der Waals surface area contributed by atoms with Gasteiger partial charge in [-0.15, -0.1) is 0 Å². The maximum Gasteiger partial charge on any atom is 0.344 e. The van der Waals surface area contributed by atoms with Gasteiger partial charge in [-0.3, -0.25) is 4.79 Å². The fraction of sp³-hybridized carbons (Fsp3) is 0.300. The number of para-hydroxylation sites is 1. The molecule has 130 valence electrons. The van der Waals surface area contributed by atoms with Gasteiger partial charge in [0, 0.05) is 11.6 Å². The largest absolute Gasteiger partial charge is 0.481 e. The zero-order valence-electron chi connectivity index (χ0n) is 14.1. The Morgan fingerprint density at radius 2 is 1.76 bits per heavy atom. The van der Waals surface area contributed by atoms with Crippen LogP contribution in [0.5, 0.6) is 5.75 Å². The molecule has 1 atom stereocenters. The molecule has 1 aliphatic rings. The van der Waals surface area contributed by atoms with E-state index in [4.69, 9.17) is 9.47 Å². The van der Waals surface area contributed by atoms with Gasteiger partial charge in [0.05, 0.1) is 0 Å². The number of rotatable bonds is 7. The van der Waals surface area contributed by atoms with E-state index in [0.717, 1.165) is 24.0 Å². The van der Waals surface area contributed by atoms with Crippen molar-refractivity contribution in [2.24, 2.45) is 0 Å². The lowest BCUT2D eigenvalue weighted by Crippen LogP contribution is -2.37. The van der Waals surface area contributed by atoms with E-state index in [0.29, 0.717) is 5.75 Å². The number of benzene rings is 2. The summed E-state index contributed by atoms with van der Waals surface area (Å²) in [6.45, 7) is 1.32. The summed E-state index contributed by atoms with van der Waals surface area (Å²) in [6.07, 6.45) is 1.17. The predicted molar refractivity (Wildman–Crippen MR) is 94.1 cm³/mol. The van der Waals surface area contributed by atoms with Gasteiger partial charge in [0.15, 0.2) is 12.7 Å². The summed E-state index contributed by atoms with van der Waals surface area (Å²) in [5, 5.41) is 2.81. The Morgan fingerprint density at radius 1 is 1.08 bits per heavy atom. The molecule has 0 spiro atoms. The molecule has 5 heteroatoms. The van der Waals surface area contributed by atoms with Gasteiger partial charge in [-0.2, -0.15) is 0 Å². The van der Waals surface area contributed by atoms with Crippen molar-refractivity contribution < 1.29 is 19.1 Å². The summed E-state index contributed by atoms with van der Waals surface area (Å²) < 4.78 is 10.8. The second-order valence-corrected chi connectivity index (χ2v) is 6.07. The van der Waals surface area contributed by atoms with Gasteiger partial charge in [-0.25, -0.2) is 4.79 Å². The minimum atomic E-state index is -0.818. The van der Waals surface area contributed by atoms with E-state index >= 15 is 0 Å². The van der Waals surface area contributed by atoms with Crippen molar-refractivity contribution >= 4 is 11.9 Å². The zero-order valence-corrected chi connectivity index (χ0v) is 14.1. The molecule has 0 heterocycles. The van der Waals surface area contributed by atoms with Crippen LogP contribution in [0, 0.1) is 0 Å². The Bertz CT molecular complexity index is 740. The van der Waals surface area contributed by atoms with Gasteiger partial charge in [-0.05, 0) is 31.4 Å². The fourth-order valence-corrected chi connectivity index (χ4v) is 2.42. The first kappa shape index (κ1) is 17.0. The molecule has 25 heavy (non-hydrogen) atoms. The van der Waals surface area contributed by atoms with E-state index in [1.165, 1.54) is 0 Å².